The van der Waals surface area contributed by atoms with E-state index in [2.05, 4.69) is 4.90 Å². The third-order valence-electron chi connectivity index (χ3n) is 3.83. The van der Waals surface area contributed by atoms with E-state index in [4.69, 9.17) is 0 Å². The Labute approximate surface area is 121 Å². The molecule has 1 aromatic carbocycles. The minimum atomic E-state index is -0.329. The summed E-state index contributed by atoms with van der Waals surface area (Å²) < 4.78 is 0. The van der Waals surface area contributed by atoms with Crippen LogP contribution in [0.5, 0.6) is 0 Å². The van der Waals surface area contributed by atoms with E-state index in [-0.39, 0.29) is 12.0 Å². The van der Waals surface area contributed by atoms with Crippen LogP contribution in [0.4, 0.5) is 5.69 Å². The second kappa shape index (κ2) is 7.29. The second-order valence-electron chi connectivity index (χ2n) is 5.33. The van der Waals surface area contributed by atoms with Gasteiger partial charge in [-0.25, -0.2) is 0 Å². The molecule has 1 aromatic rings. The summed E-state index contributed by atoms with van der Waals surface area (Å²) >= 11 is 0. The van der Waals surface area contributed by atoms with Crippen molar-refractivity contribution in [1.29, 1.82) is 0 Å². The minimum absolute atomic E-state index is 0.258. The second-order valence-corrected chi connectivity index (χ2v) is 5.33. The first-order valence-corrected chi connectivity index (χ1v) is 7.46. The smallest absolute Gasteiger partial charge is 0.222 e. The summed E-state index contributed by atoms with van der Waals surface area (Å²) in [5, 5.41) is 9.91. The van der Waals surface area contributed by atoms with Gasteiger partial charge < -0.3 is 14.9 Å². The van der Waals surface area contributed by atoms with Crippen molar-refractivity contribution in [1.82, 2.24) is 4.90 Å². The van der Waals surface area contributed by atoms with Crippen LogP contribution in [0.25, 0.3) is 0 Å². The van der Waals surface area contributed by atoms with Crippen molar-refractivity contribution in [2.75, 3.05) is 31.1 Å². The summed E-state index contributed by atoms with van der Waals surface area (Å²) in [5.74, 6) is 0.258. The summed E-state index contributed by atoms with van der Waals surface area (Å²) in [4.78, 5) is 15.8. The molecule has 0 saturated carbocycles. The van der Waals surface area contributed by atoms with E-state index >= 15 is 0 Å². The number of likely N-dealkylation sites (tertiary alicyclic amines) is 1. The molecule has 0 spiro atoms. The van der Waals surface area contributed by atoms with Crippen LogP contribution in [-0.2, 0) is 4.79 Å². The number of amides is 1. The molecule has 0 aliphatic carbocycles. The Kier molecular flexibility index (Phi) is 5.41. The van der Waals surface area contributed by atoms with Gasteiger partial charge in [-0.1, -0.05) is 25.1 Å². The highest BCUT2D eigenvalue weighted by Gasteiger charge is 2.21. The summed E-state index contributed by atoms with van der Waals surface area (Å²) in [6.07, 6.45) is 2.07. The maximum Gasteiger partial charge on any atom is 0.222 e. The van der Waals surface area contributed by atoms with Crippen molar-refractivity contribution in [3.8, 4) is 0 Å². The zero-order chi connectivity index (χ0) is 14.4. The topological polar surface area (TPSA) is 43.8 Å². The lowest BCUT2D eigenvalue weighted by molar-refractivity contribution is -0.127. The Bertz CT molecular complexity index is 422. The molecule has 1 aliphatic rings. The van der Waals surface area contributed by atoms with Crippen molar-refractivity contribution in [3.63, 3.8) is 0 Å². The number of hydrogen-bond donors (Lipinski definition) is 1. The van der Waals surface area contributed by atoms with Crippen LogP contribution in [0.3, 0.4) is 0 Å². The first-order chi connectivity index (χ1) is 9.70. The molecule has 4 nitrogen and oxygen atoms in total. The lowest BCUT2D eigenvalue weighted by Gasteiger charge is -2.29. The largest absolute Gasteiger partial charge is 0.391 e. The van der Waals surface area contributed by atoms with E-state index < -0.39 is 0 Å². The third-order valence-corrected chi connectivity index (χ3v) is 3.83. The number of aliphatic hydroxyl groups excluding tert-OH is 1. The fraction of sp³-hybridized carbons (Fsp3) is 0.562. The predicted molar refractivity (Wildman–Crippen MR) is 80.8 cm³/mol. The first kappa shape index (κ1) is 14.9. The normalized spacial score (nSPS) is 16.5. The van der Waals surface area contributed by atoms with Crippen molar-refractivity contribution in [3.05, 3.63) is 30.3 Å². The maximum absolute atomic E-state index is 11.7. The SMILES string of the molecule is CCC(O)CN(CCN1CCCC1=O)c1ccccc1. The molecule has 2 rings (SSSR count). The molecule has 0 bridgehead atoms. The summed E-state index contributed by atoms with van der Waals surface area (Å²) in [7, 11) is 0. The number of hydrogen-bond acceptors (Lipinski definition) is 3. The van der Waals surface area contributed by atoms with Crippen LogP contribution in [-0.4, -0.2) is 48.2 Å². The van der Waals surface area contributed by atoms with Crippen LogP contribution in [0.1, 0.15) is 26.2 Å². The predicted octanol–water partition coefficient (Wildman–Crippen LogP) is 1.89. The molecule has 1 amide bonds. The van der Waals surface area contributed by atoms with Crippen molar-refractivity contribution in [2.45, 2.75) is 32.3 Å². The maximum atomic E-state index is 11.7. The number of anilines is 1. The fourth-order valence-electron chi connectivity index (χ4n) is 2.53. The lowest BCUT2D eigenvalue weighted by atomic mass is 10.2. The van der Waals surface area contributed by atoms with Gasteiger partial charge in [0.2, 0.25) is 5.91 Å². The molecule has 110 valence electrons. The van der Waals surface area contributed by atoms with E-state index in [1.165, 1.54) is 0 Å². The third kappa shape index (κ3) is 3.97. The highest BCUT2D eigenvalue weighted by atomic mass is 16.3. The molecule has 1 saturated heterocycles. The molecule has 0 aromatic heterocycles. The van der Waals surface area contributed by atoms with Gasteiger partial charge in [0.15, 0.2) is 0 Å². The number of nitrogens with zero attached hydrogens (tertiary/aromatic N) is 2. The minimum Gasteiger partial charge on any atom is -0.391 e. The highest BCUT2D eigenvalue weighted by Crippen LogP contribution is 2.15. The first-order valence-electron chi connectivity index (χ1n) is 7.46. The number of benzene rings is 1. The average molecular weight is 276 g/mol. The van der Waals surface area contributed by atoms with Crippen LogP contribution >= 0.6 is 0 Å². The highest BCUT2D eigenvalue weighted by molar-refractivity contribution is 5.78. The van der Waals surface area contributed by atoms with Gasteiger partial charge in [0, 0.05) is 38.3 Å². The molecule has 1 fully saturated rings. The quantitative estimate of drug-likeness (QED) is 0.827. The van der Waals surface area contributed by atoms with Crippen LogP contribution in [0.15, 0.2) is 30.3 Å². The molecule has 1 heterocycles. The molecule has 1 unspecified atom stereocenters. The molecule has 0 radical (unpaired) electrons. The van der Waals surface area contributed by atoms with Gasteiger partial charge in [-0.15, -0.1) is 0 Å². The van der Waals surface area contributed by atoms with Crippen molar-refractivity contribution in [2.24, 2.45) is 0 Å². The molecule has 4 heteroatoms. The van der Waals surface area contributed by atoms with E-state index in [1.54, 1.807) is 0 Å². The Morgan fingerprint density at radius 2 is 2.10 bits per heavy atom. The van der Waals surface area contributed by atoms with Crippen LogP contribution < -0.4 is 4.90 Å². The average Bonchev–Trinajstić information content (AvgIpc) is 2.89. The number of rotatable bonds is 7. The molecular weight excluding hydrogens is 252 g/mol. The Morgan fingerprint density at radius 3 is 2.70 bits per heavy atom. The molecule has 1 aliphatic heterocycles. The Morgan fingerprint density at radius 1 is 1.35 bits per heavy atom. The number of carbonyl (C=O) groups is 1. The zero-order valence-corrected chi connectivity index (χ0v) is 12.2. The van der Waals surface area contributed by atoms with Gasteiger partial charge in [-0.3, -0.25) is 4.79 Å². The summed E-state index contributed by atoms with van der Waals surface area (Å²) in [5.41, 5.74) is 1.10. The molecule has 20 heavy (non-hydrogen) atoms. The van der Waals surface area contributed by atoms with Crippen LogP contribution in [0, 0.1) is 0 Å². The molecular formula is C16H24N2O2. The number of aliphatic hydroxyl groups is 1. The van der Waals surface area contributed by atoms with Gasteiger partial charge in [-0.2, -0.15) is 0 Å². The fourth-order valence-corrected chi connectivity index (χ4v) is 2.53. The zero-order valence-electron chi connectivity index (χ0n) is 12.2. The molecule has 1 atom stereocenters. The Balaban J connectivity index is 1.97. The van der Waals surface area contributed by atoms with E-state index in [0.29, 0.717) is 13.0 Å². The van der Waals surface area contributed by atoms with Gasteiger partial charge in [-0.05, 0) is 25.0 Å². The molecule has 1 N–H and O–H groups in total. The monoisotopic (exact) mass is 276 g/mol. The van der Waals surface area contributed by atoms with Crippen molar-refractivity contribution >= 4 is 11.6 Å². The lowest BCUT2D eigenvalue weighted by Crippen LogP contribution is -2.39. The van der Waals surface area contributed by atoms with E-state index in [1.807, 2.05) is 42.2 Å². The van der Waals surface area contributed by atoms with Crippen LogP contribution in [0.2, 0.25) is 0 Å². The van der Waals surface area contributed by atoms with Gasteiger partial charge >= 0.3 is 0 Å². The summed E-state index contributed by atoms with van der Waals surface area (Å²) in [6.45, 7) is 4.98. The van der Waals surface area contributed by atoms with E-state index in [9.17, 15) is 9.90 Å². The van der Waals surface area contributed by atoms with Gasteiger partial charge in [0.1, 0.15) is 0 Å². The summed E-state index contributed by atoms with van der Waals surface area (Å²) in [6, 6.07) is 10.1. The Hall–Kier alpha value is -1.55. The van der Waals surface area contributed by atoms with Crippen molar-refractivity contribution < 1.29 is 9.90 Å². The van der Waals surface area contributed by atoms with Gasteiger partial charge in [0.25, 0.3) is 0 Å². The van der Waals surface area contributed by atoms with Gasteiger partial charge in [0.05, 0.1) is 6.10 Å². The number of para-hydroxylation sites is 1. The number of carbonyl (C=O) groups excluding carboxylic acids is 1. The standard InChI is InChI=1S/C16H24N2O2/c1-2-15(19)13-18(14-7-4-3-5-8-14)12-11-17-10-6-9-16(17)20/h3-5,7-8,15,19H,2,6,9-13H2,1H3. The van der Waals surface area contributed by atoms with E-state index in [0.717, 1.165) is 38.2 Å².